The van der Waals surface area contributed by atoms with Crippen LogP contribution in [-0.2, 0) is 0 Å². The Kier molecular flexibility index (Phi) is 4.78. The Labute approximate surface area is 170 Å². The minimum absolute atomic E-state index is 0.0491. The highest BCUT2D eigenvalue weighted by Crippen LogP contribution is 2.34. The second kappa shape index (κ2) is 7.41. The van der Waals surface area contributed by atoms with Gasteiger partial charge in [0.1, 0.15) is 5.75 Å². The number of amides is 1. The smallest absolute Gasteiger partial charge is 0.337 e. The summed E-state index contributed by atoms with van der Waals surface area (Å²) in [4.78, 5) is 24.7. The molecule has 1 aromatic heterocycles. The lowest BCUT2D eigenvalue weighted by atomic mass is 10.00. The molecule has 29 heavy (non-hydrogen) atoms. The maximum Gasteiger partial charge on any atom is 0.337 e. The zero-order valence-corrected chi connectivity index (χ0v) is 16.3. The van der Waals surface area contributed by atoms with Crippen LogP contribution in [0.25, 0.3) is 21.9 Å². The SMILES string of the molecule is Cc1c(-c2ccc3cc(O)ccc3c2)csc1C(=O)Nc1ccccc1C(=O)O. The summed E-state index contributed by atoms with van der Waals surface area (Å²) in [5, 5.41) is 25.5. The van der Waals surface area contributed by atoms with Crippen molar-refractivity contribution >= 4 is 39.7 Å². The number of anilines is 1. The van der Waals surface area contributed by atoms with E-state index in [-0.39, 0.29) is 22.9 Å². The standard InChI is InChI=1S/C23H17NO4S/c1-13-19(16-7-6-15-11-17(25)9-8-14(15)10-16)12-29-21(13)22(26)24-20-5-3-2-4-18(20)23(27)28/h2-12,25H,1H3,(H,24,26)(H,27,28). The van der Waals surface area contributed by atoms with Crippen molar-refractivity contribution in [1.29, 1.82) is 0 Å². The van der Waals surface area contributed by atoms with Gasteiger partial charge in [-0.05, 0) is 70.1 Å². The molecule has 4 rings (SSSR count). The number of carboxylic acids is 1. The summed E-state index contributed by atoms with van der Waals surface area (Å²) in [6.07, 6.45) is 0. The van der Waals surface area contributed by atoms with Gasteiger partial charge < -0.3 is 15.5 Å². The van der Waals surface area contributed by atoms with Gasteiger partial charge in [0.05, 0.1) is 16.1 Å². The third-order valence-electron chi connectivity index (χ3n) is 4.79. The first-order valence-corrected chi connectivity index (χ1v) is 9.77. The zero-order chi connectivity index (χ0) is 20.5. The quantitative estimate of drug-likeness (QED) is 0.418. The molecular formula is C23H17NO4S. The van der Waals surface area contributed by atoms with Crippen molar-refractivity contribution in [2.45, 2.75) is 6.92 Å². The van der Waals surface area contributed by atoms with E-state index in [1.165, 1.54) is 17.4 Å². The molecule has 5 nitrogen and oxygen atoms in total. The fourth-order valence-electron chi connectivity index (χ4n) is 3.28. The van der Waals surface area contributed by atoms with Crippen molar-refractivity contribution in [2.24, 2.45) is 0 Å². The van der Waals surface area contributed by atoms with E-state index in [4.69, 9.17) is 0 Å². The molecule has 4 aromatic rings. The van der Waals surface area contributed by atoms with Gasteiger partial charge in [0.25, 0.3) is 5.91 Å². The summed E-state index contributed by atoms with van der Waals surface area (Å²) in [7, 11) is 0. The second-order valence-electron chi connectivity index (χ2n) is 6.65. The van der Waals surface area contributed by atoms with Crippen LogP contribution in [0.2, 0.25) is 0 Å². The van der Waals surface area contributed by atoms with E-state index in [2.05, 4.69) is 5.32 Å². The van der Waals surface area contributed by atoms with Crippen LogP contribution in [0.1, 0.15) is 25.6 Å². The molecule has 6 heteroatoms. The lowest BCUT2D eigenvalue weighted by Gasteiger charge is -2.08. The highest BCUT2D eigenvalue weighted by atomic mass is 32.1. The number of fused-ring (bicyclic) bond motifs is 1. The Hall–Kier alpha value is -3.64. The molecule has 0 unspecified atom stereocenters. The van der Waals surface area contributed by atoms with E-state index < -0.39 is 5.97 Å². The van der Waals surface area contributed by atoms with E-state index in [0.717, 1.165) is 27.5 Å². The molecular weight excluding hydrogens is 386 g/mol. The van der Waals surface area contributed by atoms with Crippen molar-refractivity contribution in [1.82, 2.24) is 0 Å². The van der Waals surface area contributed by atoms with Gasteiger partial charge in [-0.1, -0.05) is 30.3 Å². The molecule has 1 heterocycles. The second-order valence-corrected chi connectivity index (χ2v) is 7.53. The van der Waals surface area contributed by atoms with Gasteiger partial charge in [-0.2, -0.15) is 0 Å². The molecule has 1 amide bonds. The Bertz CT molecular complexity index is 1260. The van der Waals surface area contributed by atoms with Crippen LogP contribution in [-0.4, -0.2) is 22.1 Å². The molecule has 144 valence electrons. The topological polar surface area (TPSA) is 86.6 Å². The number of carbonyl (C=O) groups excluding carboxylic acids is 1. The summed E-state index contributed by atoms with van der Waals surface area (Å²) in [6.45, 7) is 1.88. The van der Waals surface area contributed by atoms with Gasteiger partial charge in [0.15, 0.2) is 0 Å². The molecule has 0 bridgehead atoms. The largest absolute Gasteiger partial charge is 0.508 e. The number of aromatic carboxylic acids is 1. The zero-order valence-electron chi connectivity index (χ0n) is 15.5. The molecule has 0 saturated carbocycles. The number of hydrogen-bond acceptors (Lipinski definition) is 4. The van der Waals surface area contributed by atoms with E-state index in [1.54, 1.807) is 30.3 Å². The molecule has 0 aliphatic carbocycles. The summed E-state index contributed by atoms with van der Waals surface area (Å²) >= 11 is 1.32. The number of phenolic OH excluding ortho intramolecular Hbond substituents is 1. The van der Waals surface area contributed by atoms with Gasteiger partial charge in [0.2, 0.25) is 0 Å². The van der Waals surface area contributed by atoms with Crippen LogP contribution in [0, 0.1) is 6.92 Å². The van der Waals surface area contributed by atoms with Crippen LogP contribution in [0.3, 0.4) is 0 Å². The lowest BCUT2D eigenvalue weighted by molar-refractivity contribution is 0.0698. The molecule has 0 saturated heterocycles. The van der Waals surface area contributed by atoms with E-state index in [0.29, 0.717) is 4.88 Å². The number of hydrogen-bond donors (Lipinski definition) is 3. The normalized spacial score (nSPS) is 10.8. The van der Waals surface area contributed by atoms with Crippen molar-refractivity contribution < 1.29 is 19.8 Å². The summed E-state index contributed by atoms with van der Waals surface area (Å²) in [5.74, 6) is -1.21. The average Bonchev–Trinajstić information content (AvgIpc) is 3.09. The third kappa shape index (κ3) is 3.58. The number of para-hydroxylation sites is 1. The predicted octanol–water partition coefficient (Wildman–Crippen LogP) is 5.53. The maximum absolute atomic E-state index is 12.8. The number of carbonyl (C=O) groups is 2. The summed E-state index contributed by atoms with van der Waals surface area (Å²) in [5.41, 5.74) is 3.07. The number of phenols is 1. The number of aromatic hydroxyl groups is 1. The number of benzene rings is 3. The molecule has 0 fully saturated rings. The first-order chi connectivity index (χ1) is 13.9. The van der Waals surface area contributed by atoms with Crippen LogP contribution in [0.4, 0.5) is 5.69 Å². The van der Waals surface area contributed by atoms with Crippen molar-refractivity contribution in [2.75, 3.05) is 5.32 Å². The van der Waals surface area contributed by atoms with Crippen molar-refractivity contribution in [3.8, 4) is 16.9 Å². The fraction of sp³-hybridized carbons (Fsp3) is 0.0435. The van der Waals surface area contributed by atoms with Crippen LogP contribution in [0.15, 0.2) is 66.0 Å². The summed E-state index contributed by atoms with van der Waals surface area (Å²) < 4.78 is 0. The Morgan fingerprint density at radius 2 is 1.69 bits per heavy atom. The minimum Gasteiger partial charge on any atom is -0.508 e. The molecule has 0 radical (unpaired) electrons. The number of thiophene rings is 1. The molecule has 0 atom stereocenters. The first-order valence-electron chi connectivity index (χ1n) is 8.89. The number of carboxylic acid groups (broad SMARTS) is 1. The highest BCUT2D eigenvalue weighted by Gasteiger charge is 2.18. The van der Waals surface area contributed by atoms with Crippen LogP contribution in [0.5, 0.6) is 5.75 Å². The van der Waals surface area contributed by atoms with Gasteiger partial charge in [-0.15, -0.1) is 11.3 Å². The van der Waals surface area contributed by atoms with Crippen LogP contribution >= 0.6 is 11.3 Å². The van der Waals surface area contributed by atoms with Gasteiger partial charge >= 0.3 is 5.97 Å². The molecule has 0 spiro atoms. The van der Waals surface area contributed by atoms with E-state index in [9.17, 15) is 19.8 Å². The van der Waals surface area contributed by atoms with Crippen LogP contribution < -0.4 is 5.32 Å². The van der Waals surface area contributed by atoms with Gasteiger partial charge in [-0.25, -0.2) is 4.79 Å². The number of rotatable bonds is 4. The maximum atomic E-state index is 12.8. The third-order valence-corrected chi connectivity index (χ3v) is 5.87. The minimum atomic E-state index is -1.09. The lowest BCUT2D eigenvalue weighted by Crippen LogP contribution is -2.14. The first kappa shape index (κ1) is 18.7. The molecule has 3 N–H and O–H groups in total. The summed E-state index contributed by atoms with van der Waals surface area (Å²) in [6, 6.07) is 17.4. The fourth-order valence-corrected chi connectivity index (χ4v) is 4.28. The number of nitrogens with one attached hydrogen (secondary N) is 1. The molecule has 3 aromatic carbocycles. The van der Waals surface area contributed by atoms with Crippen molar-refractivity contribution in [3.05, 3.63) is 82.0 Å². The molecule has 0 aliphatic heterocycles. The van der Waals surface area contributed by atoms with E-state index >= 15 is 0 Å². The highest BCUT2D eigenvalue weighted by molar-refractivity contribution is 7.12. The Morgan fingerprint density at radius 1 is 0.966 bits per heavy atom. The monoisotopic (exact) mass is 403 g/mol. The predicted molar refractivity (Wildman–Crippen MR) is 115 cm³/mol. The van der Waals surface area contributed by atoms with Gasteiger partial charge in [-0.3, -0.25) is 4.79 Å². The van der Waals surface area contributed by atoms with Crippen molar-refractivity contribution in [3.63, 3.8) is 0 Å². The van der Waals surface area contributed by atoms with Gasteiger partial charge in [0, 0.05) is 0 Å². The molecule has 0 aliphatic rings. The van der Waals surface area contributed by atoms with E-state index in [1.807, 2.05) is 36.6 Å². The Morgan fingerprint density at radius 3 is 2.48 bits per heavy atom. The Balaban J connectivity index is 1.66. The average molecular weight is 403 g/mol.